The summed E-state index contributed by atoms with van der Waals surface area (Å²) in [6.45, 7) is 2.47. The van der Waals surface area contributed by atoms with E-state index < -0.39 is 61.1 Å². The number of aromatic nitrogens is 2. The SMILES string of the molecule is CC(=O)Nc1ccc(-c2cnc3c(c2)c(C(=O)c2c(F)ccc(NS(=O)(=O)c4cc(F)ccc4F)c2F)cn3C(C)=O)cc1C=N. The maximum absolute atomic E-state index is 15.7. The van der Waals surface area contributed by atoms with Crippen LogP contribution in [0.4, 0.5) is 28.9 Å². The Morgan fingerprint density at radius 2 is 1.59 bits per heavy atom. The molecule has 2 aromatic heterocycles. The number of sulfonamides is 1. The van der Waals surface area contributed by atoms with Crippen LogP contribution in [-0.2, 0) is 14.8 Å². The van der Waals surface area contributed by atoms with Gasteiger partial charge in [-0.25, -0.2) is 31.0 Å². The lowest BCUT2D eigenvalue weighted by atomic mass is 9.99. The van der Waals surface area contributed by atoms with Crippen LogP contribution >= 0.6 is 0 Å². The number of benzene rings is 3. The third kappa shape index (κ3) is 5.87. The van der Waals surface area contributed by atoms with Crippen LogP contribution in [0.1, 0.15) is 40.1 Å². The number of ketones is 1. The van der Waals surface area contributed by atoms with E-state index in [9.17, 15) is 31.6 Å². The molecule has 0 bridgehead atoms. The zero-order valence-corrected chi connectivity index (χ0v) is 24.6. The molecule has 0 unspecified atom stereocenters. The minimum atomic E-state index is -4.94. The fourth-order valence-electron chi connectivity index (χ4n) is 4.71. The number of anilines is 2. The molecule has 3 N–H and O–H groups in total. The molecule has 5 rings (SSSR count). The van der Waals surface area contributed by atoms with Crippen LogP contribution < -0.4 is 10.0 Å². The summed E-state index contributed by atoms with van der Waals surface area (Å²) in [4.78, 5) is 40.8. The fraction of sp³-hybridized carbons (Fsp3) is 0.0645. The van der Waals surface area contributed by atoms with E-state index in [0.29, 0.717) is 52.7 Å². The monoisotopic (exact) mass is 651 g/mol. The minimum absolute atomic E-state index is 0.00616. The Morgan fingerprint density at radius 1 is 0.891 bits per heavy atom. The second kappa shape index (κ2) is 12.0. The van der Waals surface area contributed by atoms with Crippen molar-refractivity contribution in [2.24, 2.45) is 0 Å². The predicted molar refractivity (Wildman–Crippen MR) is 161 cm³/mol. The molecule has 0 aliphatic rings. The van der Waals surface area contributed by atoms with Crippen LogP contribution in [0.3, 0.4) is 0 Å². The first-order chi connectivity index (χ1) is 21.7. The van der Waals surface area contributed by atoms with Crippen LogP contribution in [0.25, 0.3) is 22.2 Å². The topological polar surface area (TPSA) is 151 Å². The average molecular weight is 652 g/mol. The minimum Gasteiger partial charge on any atom is -0.326 e. The number of carbonyl (C=O) groups is 3. The molecule has 3 aromatic carbocycles. The van der Waals surface area contributed by atoms with Crippen LogP contribution in [0.2, 0.25) is 0 Å². The Morgan fingerprint density at radius 3 is 2.26 bits per heavy atom. The molecule has 0 saturated heterocycles. The van der Waals surface area contributed by atoms with E-state index in [2.05, 4.69) is 10.3 Å². The number of pyridine rings is 1. The summed E-state index contributed by atoms with van der Waals surface area (Å²) in [6.07, 6.45) is 3.42. The number of carbonyl (C=O) groups excluding carboxylic acids is 3. The van der Waals surface area contributed by atoms with Gasteiger partial charge in [0.25, 0.3) is 10.0 Å². The number of hydrogen-bond acceptors (Lipinski definition) is 7. The van der Waals surface area contributed by atoms with Crippen molar-refractivity contribution in [1.82, 2.24) is 9.55 Å². The van der Waals surface area contributed by atoms with Gasteiger partial charge in [0.2, 0.25) is 17.6 Å². The largest absolute Gasteiger partial charge is 0.326 e. The summed E-state index contributed by atoms with van der Waals surface area (Å²) in [6, 6.07) is 9.00. The molecule has 234 valence electrons. The maximum Gasteiger partial charge on any atom is 0.265 e. The van der Waals surface area contributed by atoms with E-state index in [1.807, 2.05) is 0 Å². The zero-order valence-electron chi connectivity index (χ0n) is 23.8. The van der Waals surface area contributed by atoms with Crippen LogP contribution in [0.5, 0.6) is 0 Å². The number of hydrogen-bond donors (Lipinski definition) is 3. The Kier molecular flexibility index (Phi) is 8.28. The highest BCUT2D eigenvalue weighted by Gasteiger charge is 2.29. The molecule has 15 heteroatoms. The Hall–Kier alpha value is -5.70. The van der Waals surface area contributed by atoms with Gasteiger partial charge in [-0.2, -0.15) is 0 Å². The summed E-state index contributed by atoms with van der Waals surface area (Å²) < 4.78 is 86.9. The van der Waals surface area contributed by atoms with Crippen molar-refractivity contribution in [3.63, 3.8) is 0 Å². The van der Waals surface area contributed by atoms with Crippen molar-refractivity contribution >= 4 is 56.2 Å². The summed E-state index contributed by atoms with van der Waals surface area (Å²) in [5.41, 5.74) is -0.960. The van der Waals surface area contributed by atoms with E-state index in [4.69, 9.17) is 5.41 Å². The highest BCUT2D eigenvalue weighted by Crippen LogP contribution is 2.32. The van der Waals surface area contributed by atoms with Crippen LogP contribution in [0, 0.1) is 28.7 Å². The third-order valence-electron chi connectivity index (χ3n) is 6.82. The lowest BCUT2D eigenvalue weighted by Gasteiger charge is -2.12. The van der Waals surface area contributed by atoms with Gasteiger partial charge in [-0.3, -0.25) is 23.7 Å². The van der Waals surface area contributed by atoms with E-state index in [1.165, 1.54) is 26.1 Å². The van der Waals surface area contributed by atoms with Crippen LogP contribution in [0.15, 0.2) is 71.9 Å². The van der Waals surface area contributed by atoms with Gasteiger partial charge < -0.3 is 10.7 Å². The molecule has 0 aliphatic heterocycles. The van der Waals surface area contributed by atoms with E-state index >= 15 is 8.78 Å². The number of nitrogens with one attached hydrogen (secondary N) is 3. The lowest BCUT2D eigenvalue weighted by molar-refractivity contribution is -0.114. The number of nitrogens with zero attached hydrogens (tertiary/aromatic N) is 2. The molecule has 46 heavy (non-hydrogen) atoms. The third-order valence-corrected chi connectivity index (χ3v) is 8.20. The van der Waals surface area contributed by atoms with E-state index in [-0.39, 0.29) is 22.5 Å². The van der Waals surface area contributed by atoms with Gasteiger partial charge in [-0.15, -0.1) is 0 Å². The molecule has 5 aromatic rings. The summed E-state index contributed by atoms with van der Waals surface area (Å²) >= 11 is 0. The Bertz CT molecular complexity index is 2230. The van der Waals surface area contributed by atoms with Gasteiger partial charge >= 0.3 is 0 Å². The smallest absolute Gasteiger partial charge is 0.265 e. The summed E-state index contributed by atoms with van der Waals surface area (Å²) in [7, 11) is -4.94. The molecule has 0 fully saturated rings. The second-order valence-electron chi connectivity index (χ2n) is 9.95. The fourth-order valence-corrected chi connectivity index (χ4v) is 5.86. The lowest BCUT2D eigenvalue weighted by Crippen LogP contribution is -2.18. The number of fused-ring (bicyclic) bond motifs is 1. The first-order valence-electron chi connectivity index (χ1n) is 13.2. The average Bonchev–Trinajstić information content (AvgIpc) is 3.39. The van der Waals surface area contributed by atoms with Crippen molar-refractivity contribution in [3.05, 3.63) is 107 Å². The van der Waals surface area contributed by atoms with Gasteiger partial charge in [-0.05, 0) is 54.1 Å². The molecule has 0 radical (unpaired) electrons. The summed E-state index contributed by atoms with van der Waals surface area (Å²) in [5.74, 6) is -7.69. The molecule has 0 spiro atoms. The van der Waals surface area contributed by atoms with Gasteiger partial charge in [0, 0.05) is 54.7 Å². The maximum atomic E-state index is 15.7. The molecule has 2 heterocycles. The van der Waals surface area contributed by atoms with Crippen molar-refractivity contribution in [2.45, 2.75) is 18.7 Å². The number of halogens is 4. The first-order valence-corrected chi connectivity index (χ1v) is 14.6. The van der Waals surface area contributed by atoms with Crippen LogP contribution in [-0.4, -0.2) is 41.8 Å². The van der Waals surface area contributed by atoms with Crippen molar-refractivity contribution < 1.29 is 40.4 Å². The quantitative estimate of drug-likeness (QED) is 0.108. The molecule has 0 atom stereocenters. The molecule has 0 aliphatic carbocycles. The first kappa shape index (κ1) is 31.7. The molecule has 1 amide bonds. The molecule has 0 saturated carbocycles. The summed E-state index contributed by atoms with van der Waals surface area (Å²) in [5, 5.41) is 10.3. The molecular formula is C31H21F4N5O5S. The number of rotatable bonds is 8. The highest BCUT2D eigenvalue weighted by molar-refractivity contribution is 7.92. The van der Waals surface area contributed by atoms with Gasteiger partial charge in [-0.1, -0.05) is 6.07 Å². The Labute approximate surface area is 258 Å². The van der Waals surface area contributed by atoms with E-state index in [0.717, 1.165) is 17.0 Å². The normalized spacial score (nSPS) is 11.3. The number of amides is 1. The van der Waals surface area contributed by atoms with Gasteiger partial charge in [0.1, 0.15) is 28.0 Å². The van der Waals surface area contributed by atoms with Gasteiger partial charge in [0.15, 0.2) is 5.82 Å². The molecule has 10 nitrogen and oxygen atoms in total. The predicted octanol–water partition coefficient (Wildman–Crippen LogP) is 5.91. The Balaban J connectivity index is 1.62. The van der Waals surface area contributed by atoms with Crippen molar-refractivity contribution in [2.75, 3.05) is 10.0 Å². The van der Waals surface area contributed by atoms with Gasteiger partial charge in [0.05, 0.1) is 16.8 Å². The van der Waals surface area contributed by atoms with Crippen molar-refractivity contribution in [3.8, 4) is 11.1 Å². The molecular weight excluding hydrogens is 630 g/mol. The zero-order chi connectivity index (χ0) is 33.5. The standard InChI is InChI=1S/C31H21F4N5O5S/c1-15(41)38-25-7-3-17(9-18(25)12-36)19-10-21-22(14-40(16(2)42)31(21)37-13-19)30(43)28-24(34)6-8-26(29(28)35)39-46(44,45)27-11-20(32)4-5-23(27)33/h3-14,36,39H,1-2H3,(H,38,41). The second-order valence-corrected chi connectivity index (χ2v) is 11.6. The van der Waals surface area contributed by atoms with E-state index in [1.54, 1.807) is 22.9 Å². The van der Waals surface area contributed by atoms with Crippen molar-refractivity contribution in [1.29, 1.82) is 5.41 Å². The highest BCUT2D eigenvalue weighted by atomic mass is 32.2.